The van der Waals surface area contributed by atoms with Crippen LogP contribution in [0.25, 0.3) is 0 Å². The van der Waals surface area contributed by atoms with Crippen LogP contribution in [0.15, 0.2) is 91.0 Å². The van der Waals surface area contributed by atoms with Crippen LogP contribution in [-0.4, -0.2) is 36.2 Å². The fourth-order valence-corrected chi connectivity index (χ4v) is 5.02. The summed E-state index contributed by atoms with van der Waals surface area (Å²) in [5.74, 6) is -2.24. The third-order valence-corrected chi connectivity index (χ3v) is 7.69. The Labute approximate surface area is 284 Å². The molecule has 10 heteroatoms. The van der Waals surface area contributed by atoms with Crippen molar-refractivity contribution in [1.29, 1.82) is 0 Å². The quantitative estimate of drug-likeness (QED) is 0.0679. The highest BCUT2D eigenvalue weighted by Crippen LogP contribution is 2.19. The van der Waals surface area contributed by atoms with E-state index in [0.29, 0.717) is 29.4 Å². The van der Waals surface area contributed by atoms with Crippen molar-refractivity contribution in [3.8, 4) is 11.5 Å². The number of unbranched alkanes of at least 4 members (excludes halogenated alkanes) is 4. The summed E-state index contributed by atoms with van der Waals surface area (Å²) >= 11 is 0. The molecule has 49 heavy (non-hydrogen) atoms. The predicted octanol–water partition coefficient (Wildman–Crippen LogP) is 7.64. The van der Waals surface area contributed by atoms with Crippen LogP contribution in [0.2, 0.25) is 0 Å². The summed E-state index contributed by atoms with van der Waals surface area (Å²) < 4.78 is 38.1. The molecule has 0 aliphatic heterocycles. The van der Waals surface area contributed by atoms with Crippen LogP contribution >= 0.6 is 0 Å². The lowest BCUT2D eigenvalue weighted by Gasteiger charge is -2.17. The van der Waals surface area contributed by atoms with Gasteiger partial charge in [-0.05, 0) is 104 Å². The van der Waals surface area contributed by atoms with Crippen LogP contribution in [0.5, 0.6) is 11.5 Å². The fourth-order valence-electron chi connectivity index (χ4n) is 5.02. The van der Waals surface area contributed by atoms with Crippen LogP contribution in [0.4, 0.5) is 14.5 Å². The van der Waals surface area contributed by atoms with Crippen molar-refractivity contribution in [1.82, 2.24) is 5.32 Å². The molecule has 0 aromatic heterocycles. The van der Waals surface area contributed by atoms with E-state index in [1.54, 1.807) is 48.5 Å². The highest BCUT2D eigenvalue weighted by atomic mass is 19.1. The Bertz CT molecular complexity index is 1700. The smallest absolute Gasteiger partial charge is 0.343 e. The van der Waals surface area contributed by atoms with E-state index >= 15 is 0 Å². The lowest BCUT2D eigenvalue weighted by atomic mass is 10.0. The summed E-state index contributed by atoms with van der Waals surface area (Å²) in [7, 11) is 0. The predicted molar refractivity (Wildman–Crippen MR) is 183 cm³/mol. The number of halogens is 2. The van der Waals surface area contributed by atoms with Crippen molar-refractivity contribution in [3.63, 3.8) is 0 Å². The highest BCUT2D eigenvalue weighted by Gasteiger charge is 2.19. The van der Waals surface area contributed by atoms with E-state index < -0.39 is 35.5 Å². The zero-order chi connectivity index (χ0) is 35.2. The molecule has 0 aliphatic rings. The number of ketones is 1. The van der Waals surface area contributed by atoms with Gasteiger partial charge in [-0.2, -0.15) is 0 Å². The lowest BCUT2D eigenvalue weighted by Crippen LogP contribution is -2.41. The van der Waals surface area contributed by atoms with Gasteiger partial charge in [-0.3, -0.25) is 14.4 Å². The Balaban J connectivity index is 1.25. The molecule has 4 aromatic carbocycles. The number of carbonyl (C=O) groups is 4. The first kappa shape index (κ1) is 36.5. The number of anilines is 1. The van der Waals surface area contributed by atoms with Gasteiger partial charge in [-0.15, -0.1) is 0 Å². The zero-order valence-electron chi connectivity index (χ0n) is 27.6. The molecule has 4 rings (SSSR count). The topological polar surface area (TPSA) is 111 Å². The van der Waals surface area contributed by atoms with Gasteiger partial charge in [0.25, 0.3) is 5.91 Å². The minimum absolute atomic E-state index is 0.187. The molecule has 1 atom stereocenters. The Morgan fingerprint density at radius 3 is 1.96 bits per heavy atom. The van der Waals surface area contributed by atoms with Crippen molar-refractivity contribution in [2.45, 2.75) is 64.8 Å². The Kier molecular flexibility index (Phi) is 13.6. The third kappa shape index (κ3) is 12.0. The summed E-state index contributed by atoms with van der Waals surface area (Å²) in [4.78, 5) is 50.3. The number of Topliss-reactive ketones (excluding diaryl/α,β-unsaturated/α-hetero) is 1. The summed E-state index contributed by atoms with van der Waals surface area (Å²) in [6, 6.07) is 21.6. The minimum atomic E-state index is -0.816. The molecule has 8 nitrogen and oxygen atoms in total. The Morgan fingerprint density at radius 1 is 0.714 bits per heavy atom. The first-order valence-corrected chi connectivity index (χ1v) is 16.3. The zero-order valence-corrected chi connectivity index (χ0v) is 27.6. The number of esters is 1. The summed E-state index contributed by atoms with van der Waals surface area (Å²) in [5, 5.41) is 5.36. The number of nitrogens with one attached hydrogen (secondary N) is 2. The number of carbonyl (C=O) groups excluding carboxylic acids is 4. The molecule has 0 heterocycles. The first-order valence-electron chi connectivity index (χ1n) is 16.3. The molecule has 2 amide bonds. The largest absolute Gasteiger partial charge is 0.494 e. The van der Waals surface area contributed by atoms with Gasteiger partial charge >= 0.3 is 5.97 Å². The lowest BCUT2D eigenvalue weighted by molar-refractivity contribution is -0.119. The molecule has 0 saturated carbocycles. The van der Waals surface area contributed by atoms with Crippen molar-refractivity contribution in [2.24, 2.45) is 0 Å². The molecule has 0 saturated heterocycles. The Morgan fingerprint density at radius 2 is 1.33 bits per heavy atom. The third-order valence-electron chi connectivity index (χ3n) is 7.69. The van der Waals surface area contributed by atoms with Crippen LogP contribution in [0.1, 0.15) is 77.8 Å². The van der Waals surface area contributed by atoms with Gasteiger partial charge in [-0.25, -0.2) is 13.6 Å². The van der Waals surface area contributed by atoms with Crippen LogP contribution in [0, 0.1) is 11.6 Å². The number of rotatable bonds is 17. The van der Waals surface area contributed by atoms with Gasteiger partial charge in [0, 0.05) is 17.3 Å². The molecule has 0 fully saturated rings. The van der Waals surface area contributed by atoms with Crippen molar-refractivity contribution >= 4 is 29.3 Å². The molecule has 0 unspecified atom stereocenters. The number of hydrogen-bond acceptors (Lipinski definition) is 6. The molecule has 2 N–H and O–H groups in total. The number of benzene rings is 4. The van der Waals surface area contributed by atoms with E-state index in [-0.39, 0.29) is 29.8 Å². The first-order chi connectivity index (χ1) is 23.6. The second-order valence-corrected chi connectivity index (χ2v) is 11.7. The maximum absolute atomic E-state index is 13.4. The standard InChI is InChI=1S/C39H40F2N2O6/c1-3-4-5-6-7-20-48-34-18-12-30(13-19-34)39(47)49-35-16-8-27(9-17-35)23-36(26(2)44)43-38(46)29-10-14-33(15-11-29)42-37(45)24-28-21-31(40)25-32(41)22-28/h8-19,21-22,25,36H,3-7,20,23-24H2,1-2H3,(H,42,45)(H,43,46)/t36-/m0/s1. The van der Waals surface area contributed by atoms with Gasteiger partial charge in [-0.1, -0.05) is 44.7 Å². The van der Waals surface area contributed by atoms with Gasteiger partial charge < -0.3 is 20.1 Å². The fraction of sp³-hybridized carbons (Fsp3) is 0.282. The molecule has 0 aliphatic carbocycles. The maximum Gasteiger partial charge on any atom is 0.343 e. The second-order valence-electron chi connectivity index (χ2n) is 11.7. The average molecular weight is 671 g/mol. The number of amides is 2. The molecule has 0 spiro atoms. The Hall–Kier alpha value is -5.38. The van der Waals surface area contributed by atoms with Gasteiger partial charge in [0.05, 0.1) is 24.6 Å². The van der Waals surface area contributed by atoms with Crippen LogP contribution in [-0.2, 0) is 22.4 Å². The van der Waals surface area contributed by atoms with Gasteiger partial charge in [0.15, 0.2) is 5.78 Å². The maximum atomic E-state index is 13.4. The highest BCUT2D eigenvalue weighted by molar-refractivity contribution is 5.98. The molecular weight excluding hydrogens is 630 g/mol. The average Bonchev–Trinajstić information content (AvgIpc) is 3.06. The van der Waals surface area contributed by atoms with Crippen molar-refractivity contribution < 1.29 is 37.4 Å². The minimum Gasteiger partial charge on any atom is -0.494 e. The molecule has 4 aromatic rings. The van der Waals surface area contributed by atoms with E-state index in [4.69, 9.17) is 9.47 Å². The van der Waals surface area contributed by atoms with Gasteiger partial charge in [0.1, 0.15) is 23.1 Å². The van der Waals surface area contributed by atoms with Crippen LogP contribution < -0.4 is 20.1 Å². The van der Waals surface area contributed by atoms with E-state index in [1.807, 2.05) is 0 Å². The number of ether oxygens (including phenoxy) is 2. The monoisotopic (exact) mass is 670 g/mol. The van der Waals surface area contributed by atoms with E-state index in [0.717, 1.165) is 36.6 Å². The number of hydrogen-bond donors (Lipinski definition) is 2. The molecular formula is C39H40F2N2O6. The summed E-state index contributed by atoms with van der Waals surface area (Å²) in [6.07, 6.45) is 5.73. The molecule has 0 bridgehead atoms. The van der Waals surface area contributed by atoms with Crippen molar-refractivity contribution in [3.05, 3.63) is 125 Å². The summed E-state index contributed by atoms with van der Waals surface area (Å²) in [6.45, 7) is 4.20. The normalized spacial score (nSPS) is 11.3. The van der Waals surface area contributed by atoms with Crippen molar-refractivity contribution in [2.75, 3.05) is 11.9 Å². The molecule has 256 valence electrons. The summed E-state index contributed by atoms with van der Waals surface area (Å²) in [5.41, 5.74) is 1.97. The van der Waals surface area contributed by atoms with E-state index in [9.17, 15) is 28.0 Å². The van der Waals surface area contributed by atoms with E-state index in [1.165, 1.54) is 50.5 Å². The van der Waals surface area contributed by atoms with Crippen LogP contribution in [0.3, 0.4) is 0 Å². The SMILES string of the molecule is CCCCCCCOc1ccc(C(=O)Oc2ccc(C[C@H](NC(=O)c3ccc(NC(=O)Cc4cc(F)cc(F)c4)cc3)C(C)=O)cc2)cc1. The second kappa shape index (κ2) is 18.2. The van der Waals surface area contributed by atoms with E-state index in [2.05, 4.69) is 17.6 Å². The van der Waals surface area contributed by atoms with Gasteiger partial charge in [0.2, 0.25) is 5.91 Å². The molecule has 0 radical (unpaired) electrons.